The van der Waals surface area contributed by atoms with E-state index in [1.54, 1.807) is 18.2 Å². The summed E-state index contributed by atoms with van der Waals surface area (Å²) >= 11 is 11.9. The van der Waals surface area contributed by atoms with Crippen LogP contribution in [0.4, 0.5) is 4.39 Å². The Morgan fingerprint density at radius 2 is 1.71 bits per heavy atom. The fourth-order valence-electron chi connectivity index (χ4n) is 2.80. The second-order valence-electron chi connectivity index (χ2n) is 6.06. The number of carbonyl (C=O) groups is 1. The Hall–Kier alpha value is -1.87. The molecule has 1 aliphatic rings. The minimum absolute atomic E-state index is 0.0698. The SMILES string of the molecule is O=C(COc1cccc(Cl)c1Cl)N1CCN(S(=O)(=O)c2ccccc2F)CC1. The second kappa shape index (κ2) is 8.65. The Morgan fingerprint density at radius 3 is 2.39 bits per heavy atom. The van der Waals surface area contributed by atoms with Gasteiger partial charge in [-0.1, -0.05) is 41.4 Å². The number of nitrogens with zero attached hydrogens (tertiary/aromatic N) is 2. The zero-order valence-electron chi connectivity index (χ0n) is 14.6. The van der Waals surface area contributed by atoms with Gasteiger partial charge in [0.2, 0.25) is 10.0 Å². The Labute approximate surface area is 172 Å². The molecule has 150 valence electrons. The highest BCUT2D eigenvalue weighted by molar-refractivity contribution is 7.89. The summed E-state index contributed by atoms with van der Waals surface area (Å²) in [5, 5.41) is 0.538. The van der Waals surface area contributed by atoms with Crippen molar-refractivity contribution in [2.45, 2.75) is 4.90 Å². The molecule has 28 heavy (non-hydrogen) atoms. The number of benzene rings is 2. The van der Waals surface area contributed by atoms with E-state index in [1.165, 1.54) is 27.4 Å². The van der Waals surface area contributed by atoms with Gasteiger partial charge >= 0.3 is 0 Å². The van der Waals surface area contributed by atoms with E-state index in [9.17, 15) is 17.6 Å². The predicted octanol–water partition coefficient (Wildman–Crippen LogP) is 3.04. The molecule has 0 saturated carbocycles. The lowest BCUT2D eigenvalue weighted by Crippen LogP contribution is -2.51. The average Bonchev–Trinajstić information content (AvgIpc) is 2.69. The summed E-state index contributed by atoms with van der Waals surface area (Å²) in [6, 6.07) is 10.1. The van der Waals surface area contributed by atoms with E-state index in [0.29, 0.717) is 10.8 Å². The normalized spacial score (nSPS) is 15.5. The summed E-state index contributed by atoms with van der Waals surface area (Å²) in [5.74, 6) is -0.810. The van der Waals surface area contributed by atoms with E-state index in [2.05, 4.69) is 0 Å². The summed E-state index contributed by atoms with van der Waals surface area (Å²) in [7, 11) is -3.95. The summed E-state index contributed by atoms with van der Waals surface area (Å²) in [6.07, 6.45) is 0. The van der Waals surface area contributed by atoms with Crippen LogP contribution in [-0.2, 0) is 14.8 Å². The molecule has 2 aromatic carbocycles. The topological polar surface area (TPSA) is 66.9 Å². The number of hydrogen-bond acceptors (Lipinski definition) is 4. The number of amides is 1. The highest BCUT2D eigenvalue weighted by atomic mass is 35.5. The molecule has 1 fully saturated rings. The Morgan fingerprint density at radius 1 is 1.04 bits per heavy atom. The van der Waals surface area contributed by atoms with Gasteiger partial charge in [0.15, 0.2) is 6.61 Å². The average molecular weight is 447 g/mol. The highest BCUT2D eigenvalue weighted by Gasteiger charge is 2.31. The van der Waals surface area contributed by atoms with Gasteiger partial charge < -0.3 is 9.64 Å². The Balaban J connectivity index is 1.58. The molecular formula is C18H17Cl2FN2O4S. The van der Waals surface area contributed by atoms with E-state index in [-0.39, 0.29) is 48.6 Å². The summed E-state index contributed by atoms with van der Waals surface area (Å²) in [5.41, 5.74) is 0. The first-order valence-corrected chi connectivity index (χ1v) is 10.6. The van der Waals surface area contributed by atoms with Gasteiger partial charge in [-0.25, -0.2) is 12.8 Å². The molecule has 0 spiro atoms. The van der Waals surface area contributed by atoms with Crippen molar-refractivity contribution in [3.8, 4) is 5.75 Å². The van der Waals surface area contributed by atoms with Crippen molar-refractivity contribution in [3.63, 3.8) is 0 Å². The minimum atomic E-state index is -3.95. The van der Waals surface area contributed by atoms with E-state index >= 15 is 0 Å². The highest BCUT2D eigenvalue weighted by Crippen LogP contribution is 2.31. The molecular weight excluding hydrogens is 430 g/mol. The van der Waals surface area contributed by atoms with Crippen LogP contribution < -0.4 is 4.74 Å². The standard InChI is InChI=1S/C18H17Cl2FN2O4S/c19-13-4-3-6-15(18(13)20)27-12-17(24)22-8-10-23(11-9-22)28(25,26)16-7-2-1-5-14(16)21/h1-7H,8-12H2. The van der Waals surface area contributed by atoms with Crippen LogP contribution in [0.25, 0.3) is 0 Å². The van der Waals surface area contributed by atoms with Gasteiger partial charge in [0.05, 0.1) is 5.02 Å². The largest absolute Gasteiger partial charge is 0.482 e. The monoisotopic (exact) mass is 446 g/mol. The number of rotatable bonds is 5. The second-order valence-corrected chi connectivity index (χ2v) is 8.75. The number of ether oxygens (including phenoxy) is 1. The third-order valence-corrected chi connectivity index (χ3v) is 7.05. The number of piperazine rings is 1. The molecule has 6 nitrogen and oxygen atoms in total. The molecule has 2 aromatic rings. The third-order valence-electron chi connectivity index (χ3n) is 4.31. The molecule has 1 aliphatic heterocycles. The maximum Gasteiger partial charge on any atom is 0.260 e. The molecule has 0 N–H and O–H groups in total. The summed E-state index contributed by atoms with van der Waals surface area (Å²) in [4.78, 5) is 13.5. The molecule has 1 saturated heterocycles. The summed E-state index contributed by atoms with van der Waals surface area (Å²) in [6.45, 7) is 0.249. The maximum absolute atomic E-state index is 13.9. The van der Waals surface area contributed by atoms with Gasteiger partial charge in [-0.3, -0.25) is 4.79 Å². The van der Waals surface area contributed by atoms with Crippen LogP contribution in [0.3, 0.4) is 0 Å². The van der Waals surface area contributed by atoms with Crippen molar-refractivity contribution in [1.82, 2.24) is 9.21 Å². The van der Waals surface area contributed by atoms with Crippen molar-refractivity contribution in [2.24, 2.45) is 0 Å². The first kappa shape index (κ1) is 20.9. The number of hydrogen-bond donors (Lipinski definition) is 0. The van der Waals surface area contributed by atoms with E-state index in [4.69, 9.17) is 27.9 Å². The quantitative estimate of drug-likeness (QED) is 0.707. The molecule has 0 unspecified atom stereocenters. The molecule has 0 atom stereocenters. The molecule has 0 bridgehead atoms. The molecule has 0 aliphatic carbocycles. The summed E-state index contributed by atoms with van der Waals surface area (Å²) < 4.78 is 45.6. The Bertz CT molecular complexity index is 979. The van der Waals surface area contributed by atoms with Gasteiger partial charge in [0.1, 0.15) is 21.5 Å². The van der Waals surface area contributed by atoms with E-state index in [1.807, 2.05) is 0 Å². The predicted molar refractivity (Wildman–Crippen MR) is 104 cm³/mol. The molecule has 1 amide bonds. The number of halogens is 3. The van der Waals surface area contributed by atoms with Gasteiger partial charge in [0, 0.05) is 26.2 Å². The lowest BCUT2D eigenvalue weighted by Gasteiger charge is -2.34. The van der Waals surface area contributed by atoms with E-state index in [0.717, 1.165) is 6.07 Å². The molecule has 3 rings (SSSR count). The fraction of sp³-hybridized carbons (Fsp3) is 0.278. The van der Waals surface area contributed by atoms with Gasteiger partial charge in [-0.05, 0) is 24.3 Å². The lowest BCUT2D eigenvalue weighted by atomic mass is 10.3. The molecule has 10 heteroatoms. The van der Waals surface area contributed by atoms with Crippen LogP contribution in [0.15, 0.2) is 47.4 Å². The van der Waals surface area contributed by atoms with Gasteiger partial charge in [-0.2, -0.15) is 4.31 Å². The minimum Gasteiger partial charge on any atom is -0.482 e. The Kier molecular flexibility index (Phi) is 6.44. The number of carbonyl (C=O) groups excluding carboxylic acids is 1. The van der Waals surface area contributed by atoms with Crippen LogP contribution in [-0.4, -0.2) is 56.3 Å². The van der Waals surface area contributed by atoms with Crippen molar-refractivity contribution < 1.29 is 22.3 Å². The van der Waals surface area contributed by atoms with Gasteiger partial charge in [0.25, 0.3) is 5.91 Å². The zero-order chi connectivity index (χ0) is 20.3. The van der Waals surface area contributed by atoms with Crippen molar-refractivity contribution in [3.05, 3.63) is 58.3 Å². The van der Waals surface area contributed by atoms with E-state index < -0.39 is 15.8 Å². The molecule has 1 heterocycles. The smallest absolute Gasteiger partial charge is 0.260 e. The van der Waals surface area contributed by atoms with Gasteiger partial charge in [-0.15, -0.1) is 0 Å². The lowest BCUT2D eigenvalue weighted by molar-refractivity contribution is -0.134. The first-order valence-electron chi connectivity index (χ1n) is 8.40. The first-order chi connectivity index (χ1) is 13.3. The van der Waals surface area contributed by atoms with Crippen molar-refractivity contribution >= 4 is 39.1 Å². The number of sulfonamides is 1. The molecule has 0 aromatic heterocycles. The maximum atomic E-state index is 13.9. The zero-order valence-corrected chi connectivity index (χ0v) is 17.0. The third kappa shape index (κ3) is 4.41. The van der Waals surface area contributed by atoms with Crippen LogP contribution in [0.1, 0.15) is 0 Å². The fourth-order valence-corrected chi connectivity index (χ4v) is 4.63. The van der Waals surface area contributed by atoms with Crippen LogP contribution in [0, 0.1) is 5.82 Å². The molecule has 0 radical (unpaired) electrons. The van der Waals surface area contributed by atoms with Crippen LogP contribution in [0.5, 0.6) is 5.75 Å². The van der Waals surface area contributed by atoms with Crippen molar-refractivity contribution in [2.75, 3.05) is 32.8 Å². The van der Waals surface area contributed by atoms with Crippen molar-refractivity contribution in [1.29, 1.82) is 0 Å². The van der Waals surface area contributed by atoms with Crippen LogP contribution in [0.2, 0.25) is 10.0 Å². The van der Waals surface area contributed by atoms with Crippen LogP contribution >= 0.6 is 23.2 Å².